The summed E-state index contributed by atoms with van der Waals surface area (Å²) in [5, 5.41) is 6.58. The number of ether oxygens (including phenoxy) is 2. The van der Waals surface area contributed by atoms with Crippen molar-refractivity contribution < 1.29 is 19.1 Å². The first-order valence-corrected chi connectivity index (χ1v) is 15.8. The van der Waals surface area contributed by atoms with Crippen LogP contribution in [-0.4, -0.2) is 58.5 Å². The van der Waals surface area contributed by atoms with Crippen LogP contribution in [0.15, 0.2) is 28.9 Å². The van der Waals surface area contributed by atoms with Crippen molar-refractivity contribution in [3.8, 4) is 11.1 Å². The molecule has 0 bridgehead atoms. The van der Waals surface area contributed by atoms with E-state index >= 15 is 0 Å². The van der Waals surface area contributed by atoms with Crippen molar-refractivity contribution in [3.63, 3.8) is 0 Å². The van der Waals surface area contributed by atoms with Crippen LogP contribution in [0.4, 0.5) is 0 Å². The fourth-order valence-corrected chi connectivity index (χ4v) is 6.76. The maximum atomic E-state index is 13.1. The third-order valence-electron chi connectivity index (χ3n) is 7.59. The molecule has 4 rings (SSSR count). The summed E-state index contributed by atoms with van der Waals surface area (Å²) in [6.07, 6.45) is 6.95. The number of aliphatic imine (C=N–C) groups is 1. The molecule has 0 fully saturated rings. The highest BCUT2D eigenvalue weighted by Crippen LogP contribution is 2.43. The first-order chi connectivity index (χ1) is 20.2. The van der Waals surface area contributed by atoms with Gasteiger partial charge in [0.25, 0.3) is 0 Å². The molecule has 9 nitrogen and oxygen atoms in total. The highest BCUT2D eigenvalue weighted by Gasteiger charge is 2.29. The van der Waals surface area contributed by atoms with E-state index in [-0.39, 0.29) is 12.6 Å². The molecular weight excluding hydrogens is 574 g/mol. The number of benzene rings is 1. The number of allylic oxidation sites excluding steroid dienone is 1. The summed E-state index contributed by atoms with van der Waals surface area (Å²) in [4.78, 5) is 28.6. The zero-order valence-electron chi connectivity index (χ0n) is 25.1. The van der Waals surface area contributed by atoms with E-state index in [1.165, 1.54) is 19.7 Å². The summed E-state index contributed by atoms with van der Waals surface area (Å²) < 4.78 is 14.4. The number of rotatable bonds is 12. The smallest absolute Gasteiger partial charge is 0.354 e. The van der Waals surface area contributed by atoms with Crippen molar-refractivity contribution in [3.05, 3.63) is 51.6 Å². The number of fused-ring (bicyclic) bond motifs is 2. The quantitative estimate of drug-likeness (QED) is 0.154. The molecule has 2 aromatic heterocycles. The summed E-state index contributed by atoms with van der Waals surface area (Å²) in [6.45, 7) is 4.58. The molecule has 1 aliphatic rings. The van der Waals surface area contributed by atoms with Gasteiger partial charge in [0.1, 0.15) is 5.69 Å². The Bertz CT molecular complexity index is 1540. The molecule has 0 radical (unpaired) electrons. The van der Waals surface area contributed by atoms with Crippen LogP contribution in [0, 0.1) is 0 Å². The number of aryl methyl sites for hydroxylation is 3. The number of methoxy groups -OCH3 is 1. The van der Waals surface area contributed by atoms with Gasteiger partial charge in [-0.25, -0.2) is 4.79 Å². The van der Waals surface area contributed by atoms with Gasteiger partial charge in [0.15, 0.2) is 0 Å². The zero-order valence-corrected chi connectivity index (χ0v) is 26.7. The molecule has 3 aromatic rings. The number of halogens is 1. The van der Waals surface area contributed by atoms with Crippen molar-refractivity contribution in [2.45, 2.75) is 64.7 Å². The van der Waals surface area contributed by atoms with Crippen LogP contribution < -0.4 is 5.73 Å². The number of aromatic nitrogens is 3. The molecule has 1 aromatic carbocycles. The van der Waals surface area contributed by atoms with E-state index in [0.29, 0.717) is 35.1 Å². The Hall–Kier alpha value is -3.24. The molecule has 0 spiro atoms. The minimum Gasteiger partial charge on any atom is -0.466 e. The Balaban J connectivity index is 1.81. The Morgan fingerprint density at radius 3 is 2.74 bits per heavy atom. The molecular formula is C31H40ClN5O4S. The molecule has 42 heavy (non-hydrogen) atoms. The van der Waals surface area contributed by atoms with Crippen LogP contribution in [0.2, 0.25) is 5.02 Å². The highest BCUT2D eigenvalue weighted by atomic mass is 35.5. The van der Waals surface area contributed by atoms with Crippen LogP contribution in [0.5, 0.6) is 0 Å². The van der Waals surface area contributed by atoms with Gasteiger partial charge in [0.2, 0.25) is 0 Å². The monoisotopic (exact) mass is 613 g/mol. The number of carbonyl (C=O) groups is 2. The predicted molar refractivity (Wildman–Crippen MR) is 170 cm³/mol. The average molecular weight is 614 g/mol. The van der Waals surface area contributed by atoms with Gasteiger partial charge in [-0.2, -0.15) is 5.10 Å². The fraction of sp³-hybridized carbons (Fsp3) is 0.484. The maximum Gasteiger partial charge on any atom is 0.354 e. The van der Waals surface area contributed by atoms with E-state index in [4.69, 9.17) is 31.9 Å². The lowest BCUT2D eigenvalue weighted by Gasteiger charge is -2.16. The molecule has 0 aliphatic carbocycles. The minimum absolute atomic E-state index is 0.270. The lowest BCUT2D eigenvalue weighted by Crippen LogP contribution is -2.12. The summed E-state index contributed by atoms with van der Waals surface area (Å²) in [5.41, 5.74) is 14.3. The van der Waals surface area contributed by atoms with Crippen LogP contribution in [0.1, 0.15) is 67.0 Å². The van der Waals surface area contributed by atoms with E-state index in [1.54, 1.807) is 18.8 Å². The number of carbonyl (C=O) groups excluding carboxylic acids is 2. The Morgan fingerprint density at radius 1 is 1.26 bits per heavy atom. The van der Waals surface area contributed by atoms with Crippen LogP contribution in [-0.2, 0) is 46.5 Å². The van der Waals surface area contributed by atoms with Gasteiger partial charge in [0, 0.05) is 72.7 Å². The van der Waals surface area contributed by atoms with Crippen molar-refractivity contribution in [1.82, 2.24) is 14.3 Å². The molecule has 0 saturated heterocycles. The van der Waals surface area contributed by atoms with Gasteiger partial charge in [-0.15, -0.1) is 11.8 Å². The molecule has 0 amide bonds. The zero-order chi connectivity index (χ0) is 30.4. The van der Waals surface area contributed by atoms with Crippen molar-refractivity contribution in [1.29, 1.82) is 0 Å². The van der Waals surface area contributed by atoms with E-state index in [2.05, 4.69) is 16.6 Å². The second-order valence-electron chi connectivity index (χ2n) is 10.4. The minimum atomic E-state index is -0.421. The third-order valence-corrected chi connectivity index (χ3v) is 8.92. The normalized spacial score (nSPS) is 13.9. The van der Waals surface area contributed by atoms with Gasteiger partial charge in [-0.05, 0) is 56.2 Å². The lowest BCUT2D eigenvalue weighted by molar-refractivity contribution is -0.141. The highest BCUT2D eigenvalue weighted by molar-refractivity contribution is 7.98. The van der Waals surface area contributed by atoms with Gasteiger partial charge < -0.3 is 19.8 Å². The maximum absolute atomic E-state index is 13.1. The first kappa shape index (κ1) is 31.7. The summed E-state index contributed by atoms with van der Waals surface area (Å²) >= 11 is 8.73. The molecule has 0 atom stereocenters. The topological polar surface area (TPSA) is 114 Å². The van der Waals surface area contributed by atoms with Gasteiger partial charge >= 0.3 is 11.9 Å². The fourth-order valence-electron chi connectivity index (χ4n) is 5.69. The van der Waals surface area contributed by atoms with Crippen molar-refractivity contribution in [2.75, 3.05) is 26.5 Å². The first-order valence-electron chi connectivity index (χ1n) is 14.3. The van der Waals surface area contributed by atoms with E-state index < -0.39 is 5.97 Å². The molecule has 0 unspecified atom stereocenters. The lowest BCUT2D eigenvalue weighted by atomic mass is 9.95. The Kier molecular flexibility index (Phi) is 10.8. The molecule has 11 heteroatoms. The second-order valence-corrected chi connectivity index (χ2v) is 11.8. The molecule has 226 valence electrons. The predicted octanol–water partition coefficient (Wildman–Crippen LogP) is 5.87. The van der Waals surface area contributed by atoms with Crippen molar-refractivity contribution in [2.24, 2.45) is 17.8 Å². The van der Waals surface area contributed by atoms with Crippen LogP contribution >= 0.6 is 23.4 Å². The number of thioether (sulfide) groups is 1. The largest absolute Gasteiger partial charge is 0.466 e. The van der Waals surface area contributed by atoms with E-state index in [0.717, 1.165) is 76.9 Å². The SMILES string of the molecule is CCC(/C=C(\N)CSCc1nn2c(c1-c1c(Cl)ccc3c(CCCOC(C)=O)c(C(=O)OC)n(C)c13)CCCC2)=NC. The summed E-state index contributed by atoms with van der Waals surface area (Å²) in [6, 6.07) is 3.86. The van der Waals surface area contributed by atoms with Gasteiger partial charge in [-0.3, -0.25) is 14.5 Å². The average Bonchev–Trinajstić information content (AvgIpc) is 3.48. The number of nitrogens with two attached hydrogens (primary N) is 1. The number of nitrogens with zero attached hydrogens (tertiary/aromatic N) is 4. The van der Waals surface area contributed by atoms with Gasteiger partial charge in [-0.1, -0.05) is 24.6 Å². The Labute approximate surface area is 256 Å². The van der Waals surface area contributed by atoms with Gasteiger partial charge in [0.05, 0.1) is 29.9 Å². The number of hydrogen-bond donors (Lipinski definition) is 1. The third kappa shape index (κ3) is 6.70. The molecule has 1 aliphatic heterocycles. The number of hydrogen-bond acceptors (Lipinski definition) is 8. The van der Waals surface area contributed by atoms with Crippen molar-refractivity contribution >= 4 is 51.9 Å². The van der Waals surface area contributed by atoms with E-state index in [1.807, 2.05) is 29.8 Å². The summed E-state index contributed by atoms with van der Waals surface area (Å²) in [5.74, 6) is 0.565. The molecule has 2 N–H and O–H groups in total. The molecule has 0 saturated carbocycles. The van der Waals surface area contributed by atoms with Crippen LogP contribution in [0.25, 0.3) is 22.0 Å². The van der Waals surface area contributed by atoms with E-state index in [9.17, 15) is 9.59 Å². The Morgan fingerprint density at radius 2 is 2.05 bits per heavy atom. The second kappa shape index (κ2) is 14.3. The number of esters is 2. The molecule has 3 heterocycles. The van der Waals surface area contributed by atoms with Crippen LogP contribution in [0.3, 0.4) is 0 Å². The summed E-state index contributed by atoms with van der Waals surface area (Å²) in [7, 11) is 5.04. The standard InChI is InChI=1S/C31H40ClN5O4S/c1-6-21(34-3)16-20(33)17-42-18-25-28(26-11-7-8-14-37(26)35-25)27-24(32)13-12-23-22(10-9-15-41-19(2)38)30(31(39)40-5)36(4)29(23)27/h12-13,16H,6-11,14-15,17-18,33H2,1-5H3/b20-16-,34-21?.